The molecule has 0 saturated heterocycles. The predicted octanol–water partition coefficient (Wildman–Crippen LogP) is 3.57. The maximum absolute atomic E-state index is 11.7. The van der Waals surface area contributed by atoms with Crippen LogP contribution in [0.3, 0.4) is 0 Å². The van der Waals surface area contributed by atoms with Gasteiger partial charge in [-0.25, -0.2) is 9.78 Å². The number of carbonyl (C=O) groups excluding carboxylic acids is 1. The van der Waals surface area contributed by atoms with Gasteiger partial charge in [0.25, 0.3) is 0 Å². The number of hydrogen-bond acceptors (Lipinski definition) is 5. The second-order valence-electron chi connectivity index (χ2n) is 3.75. The Morgan fingerprint density at radius 3 is 2.68 bits per heavy atom. The number of halogens is 1. The Hall–Kier alpha value is -1.59. The number of hydrogen-bond donors (Lipinski definition) is 0. The lowest BCUT2D eigenvalue weighted by Crippen LogP contribution is -2.03. The maximum atomic E-state index is 11.7. The van der Waals surface area contributed by atoms with Gasteiger partial charge in [-0.1, -0.05) is 11.6 Å². The second kappa shape index (κ2) is 5.59. The van der Waals surface area contributed by atoms with E-state index >= 15 is 0 Å². The molecule has 0 aliphatic rings. The average Bonchev–Trinajstić information content (AvgIpc) is 2.79. The fraction of sp³-hybridized carbons (Fsp3) is 0.231. The Balaban J connectivity index is 2.52. The third-order valence-electron chi connectivity index (χ3n) is 2.53. The molecule has 2 rings (SSSR count). The van der Waals surface area contributed by atoms with Crippen LogP contribution in [0.25, 0.3) is 10.4 Å². The van der Waals surface area contributed by atoms with Gasteiger partial charge in [0.05, 0.1) is 29.1 Å². The standard InChI is InChI=1S/C13H12ClNO3S/c1-7-15-11(13(16)18-3)12(19-7)8-4-5-10(17-2)9(14)6-8/h4-6H,1-3H3. The summed E-state index contributed by atoms with van der Waals surface area (Å²) in [5, 5.41) is 1.28. The highest BCUT2D eigenvalue weighted by Gasteiger charge is 2.19. The lowest BCUT2D eigenvalue weighted by atomic mass is 10.1. The summed E-state index contributed by atoms with van der Waals surface area (Å²) in [7, 11) is 2.89. The number of thiazole rings is 1. The predicted molar refractivity (Wildman–Crippen MR) is 75.2 cm³/mol. The number of rotatable bonds is 3. The van der Waals surface area contributed by atoms with Crippen LogP contribution in [0.15, 0.2) is 18.2 Å². The first kappa shape index (κ1) is 13.8. The van der Waals surface area contributed by atoms with Crippen molar-refractivity contribution >= 4 is 28.9 Å². The van der Waals surface area contributed by atoms with E-state index in [1.54, 1.807) is 19.2 Å². The number of methoxy groups -OCH3 is 2. The van der Waals surface area contributed by atoms with E-state index in [-0.39, 0.29) is 0 Å². The molecule has 0 unspecified atom stereocenters. The number of esters is 1. The van der Waals surface area contributed by atoms with E-state index in [2.05, 4.69) is 4.98 Å². The van der Waals surface area contributed by atoms with E-state index in [0.717, 1.165) is 15.4 Å². The van der Waals surface area contributed by atoms with Gasteiger partial charge < -0.3 is 9.47 Å². The zero-order valence-electron chi connectivity index (χ0n) is 10.7. The lowest BCUT2D eigenvalue weighted by Gasteiger charge is -2.05. The van der Waals surface area contributed by atoms with Gasteiger partial charge in [-0.05, 0) is 30.7 Å². The molecular formula is C13H12ClNO3S. The highest BCUT2D eigenvalue weighted by atomic mass is 35.5. The van der Waals surface area contributed by atoms with Crippen molar-refractivity contribution in [2.75, 3.05) is 14.2 Å². The molecule has 0 saturated carbocycles. The average molecular weight is 298 g/mol. The summed E-state index contributed by atoms with van der Waals surface area (Å²) in [6.45, 7) is 1.84. The number of aromatic nitrogens is 1. The van der Waals surface area contributed by atoms with Crippen LogP contribution in [-0.2, 0) is 4.74 Å². The number of nitrogens with zero attached hydrogens (tertiary/aromatic N) is 1. The summed E-state index contributed by atoms with van der Waals surface area (Å²) in [6, 6.07) is 5.34. The zero-order valence-corrected chi connectivity index (χ0v) is 12.3. The molecule has 0 spiro atoms. The normalized spacial score (nSPS) is 10.3. The van der Waals surface area contributed by atoms with Crippen LogP contribution in [0.5, 0.6) is 5.75 Å². The van der Waals surface area contributed by atoms with E-state index in [0.29, 0.717) is 16.5 Å². The molecule has 2 aromatic rings. The zero-order chi connectivity index (χ0) is 14.0. The van der Waals surface area contributed by atoms with E-state index < -0.39 is 5.97 Å². The fourth-order valence-corrected chi connectivity index (χ4v) is 2.83. The minimum absolute atomic E-state index is 0.311. The number of benzene rings is 1. The summed E-state index contributed by atoms with van der Waals surface area (Å²) < 4.78 is 9.84. The van der Waals surface area contributed by atoms with E-state index in [1.165, 1.54) is 18.4 Å². The molecule has 100 valence electrons. The van der Waals surface area contributed by atoms with Crippen molar-refractivity contribution in [1.29, 1.82) is 0 Å². The van der Waals surface area contributed by atoms with Gasteiger partial charge in [0, 0.05) is 0 Å². The molecule has 6 heteroatoms. The fourth-order valence-electron chi connectivity index (χ4n) is 1.67. The quantitative estimate of drug-likeness (QED) is 0.813. The van der Waals surface area contributed by atoms with Crippen LogP contribution in [0.2, 0.25) is 5.02 Å². The van der Waals surface area contributed by atoms with Crippen molar-refractivity contribution in [1.82, 2.24) is 4.98 Å². The van der Waals surface area contributed by atoms with Crippen LogP contribution < -0.4 is 4.74 Å². The van der Waals surface area contributed by atoms with Crippen molar-refractivity contribution in [2.24, 2.45) is 0 Å². The van der Waals surface area contributed by atoms with Crippen molar-refractivity contribution < 1.29 is 14.3 Å². The molecule has 1 aromatic carbocycles. The Kier molecular flexibility index (Phi) is 4.07. The van der Waals surface area contributed by atoms with Gasteiger partial charge in [-0.15, -0.1) is 11.3 Å². The lowest BCUT2D eigenvalue weighted by molar-refractivity contribution is 0.0595. The highest BCUT2D eigenvalue weighted by molar-refractivity contribution is 7.15. The van der Waals surface area contributed by atoms with Crippen LogP contribution in [0, 0.1) is 6.92 Å². The van der Waals surface area contributed by atoms with E-state index in [9.17, 15) is 4.79 Å². The van der Waals surface area contributed by atoms with Crippen molar-refractivity contribution in [3.63, 3.8) is 0 Å². The third-order valence-corrected chi connectivity index (χ3v) is 3.84. The second-order valence-corrected chi connectivity index (χ2v) is 5.36. The van der Waals surface area contributed by atoms with Gasteiger partial charge >= 0.3 is 5.97 Å². The molecule has 0 fully saturated rings. The first-order valence-corrected chi connectivity index (χ1v) is 6.66. The Labute approximate surface area is 120 Å². The van der Waals surface area contributed by atoms with Crippen LogP contribution in [-0.4, -0.2) is 25.2 Å². The summed E-state index contributed by atoms with van der Waals surface area (Å²) in [4.78, 5) is 16.6. The monoisotopic (exact) mass is 297 g/mol. The van der Waals surface area contributed by atoms with Gasteiger partial charge in [-0.2, -0.15) is 0 Å². The van der Waals surface area contributed by atoms with Crippen molar-refractivity contribution in [2.45, 2.75) is 6.92 Å². The van der Waals surface area contributed by atoms with E-state index in [4.69, 9.17) is 21.1 Å². The largest absolute Gasteiger partial charge is 0.495 e. The minimum atomic E-state index is -0.453. The SMILES string of the molecule is COC(=O)c1nc(C)sc1-c1ccc(OC)c(Cl)c1. The summed E-state index contributed by atoms with van der Waals surface area (Å²) in [5.74, 6) is 0.137. The molecule has 0 aliphatic carbocycles. The first-order chi connectivity index (χ1) is 9.06. The van der Waals surface area contributed by atoms with Gasteiger partial charge in [0.15, 0.2) is 5.69 Å². The first-order valence-electron chi connectivity index (χ1n) is 5.46. The molecule has 0 atom stereocenters. The van der Waals surface area contributed by atoms with Crippen LogP contribution >= 0.6 is 22.9 Å². The minimum Gasteiger partial charge on any atom is -0.495 e. The summed E-state index contributed by atoms with van der Waals surface area (Å²) >= 11 is 7.52. The summed E-state index contributed by atoms with van der Waals surface area (Å²) in [6.07, 6.45) is 0. The van der Waals surface area contributed by atoms with Gasteiger partial charge in [0.2, 0.25) is 0 Å². The molecule has 0 amide bonds. The van der Waals surface area contributed by atoms with Crippen LogP contribution in [0.4, 0.5) is 0 Å². The smallest absolute Gasteiger partial charge is 0.358 e. The van der Waals surface area contributed by atoms with Crippen molar-refractivity contribution in [3.05, 3.63) is 33.9 Å². The molecule has 0 N–H and O–H groups in total. The molecular weight excluding hydrogens is 286 g/mol. The van der Waals surface area contributed by atoms with E-state index in [1.807, 2.05) is 13.0 Å². The maximum Gasteiger partial charge on any atom is 0.358 e. The van der Waals surface area contributed by atoms with Gasteiger partial charge in [0.1, 0.15) is 5.75 Å². The van der Waals surface area contributed by atoms with Crippen molar-refractivity contribution in [3.8, 4) is 16.2 Å². The highest BCUT2D eigenvalue weighted by Crippen LogP contribution is 2.35. The molecule has 4 nitrogen and oxygen atoms in total. The third kappa shape index (κ3) is 2.72. The topological polar surface area (TPSA) is 48.4 Å². The Bertz CT molecular complexity index is 624. The number of aryl methyl sites for hydroxylation is 1. The van der Waals surface area contributed by atoms with Gasteiger partial charge in [-0.3, -0.25) is 0 Å². The molecule has 19 heavy (non-hydrogen) atoms. The molecule has 0 aliphatic heterocycles. The number of ether oxygens (including phenoxy) is 2. The molecule has 0 bridgehead atoms. The number of carbonyl (C=O) groups is 1. The molecule has 0 radical (unpaired) electrons. The van der Waals surface area contributed by atoms with Crippen LogP contribution in [0.1, 0.15) is 15.5 Å². The Morgan fingerprint density at radius 1 is 1.37 bits per heavy atom. The Morgan fingerprint density at radius 2 is 2.11 bits per heavy atom. The molecule has 1 heterocycles. The summed E-state index contributed by atoms with van der Waals surface area (Å²) in [5.41, 5.74) is 1.13. The molecule has 1 aromatic heterocycles.